The molecular formula is C18H33N2O6PS. The molecule has 0 aliphatic rings. The summed E-state index contributed by atoms with van der Waals surface area (Å²) < 4.78 is 44.1. The van der Waals surface area contributed by atoms with Gasteiger partial charge in [0.25, 0.3) is 0 Å². The Hall–Kier alpha value is -0.960. The van der Waals surface area contributed by atoms with E-state index in [4.69, 9.17) is 19.5 Å². The van der Waals surface area contributed by atoms with Gasteiger partial charge in [0.2, 0.25) is 18.4 Å². The molecule has 0 unspecified atom stereocenters. The summed E-state index contributed by atoms with van der Waals surface area (Å²) in [6.45, 7) is 9.70. The van der Waals surface area contributed by atoms with Crippen molar-refractivity contribution < 1.29 is 27.3 Å². The fraction of sp³-hybridized carbons (Fsp3) is 0.667. The summed E-state index contributed by atoms with van der Waals surface area (Å²) in [6, 6.07) is 4.04. The van der Waals surface area contributed by atoms with Gasteiger partial charge in [-0.2, -0.15) is 4.31 Å². The third-order valence-electron chi connectivity index (χ3n) is 3.62. The summed E-state index contributed by atoms with van der Waals surface area (Å²) in [7, 11) is -5.01. The van der Waals surface area contributed by atoms with Gasteiger partial charge in [0, 0.05) is 19.2 Å². The van der Waals surface area contributed by atoms with Gasteiger partial charge >= 0.3 is 0 Å². The van der Waals surface area contributed by atoms with Gasteiger partial charge in [-0.1, -0.05) is 13.8 Å². The summed E-state index contributed by atoms with van der Waals surface area (Å²) in [5.41, 5.74) is 5.55. The molecule has 0 atom stereocenters. The maximum Gasteiger partial charge on any atom is 0.243 e. The number of aromatic hydroxyl groups is 1. The molecule has 0 saturated heterocycles. The average molecular weight is 437 g/mol. The van der Waals surface area contributed by atoms with E-state index in [1.54, 1.807) is 0 Å². The van der Waals surface area contributed by atoms with Gasteiger partial charge in [0.05, 0.1) is 18.1 Å². The largest absolute Gasteiger partial charge is 0.504 e. The molecule has 1 aromatic rings. The van der Waals surface area contributed by atoms with Crippen LogP contribution in [-0.4, -0.2) is 57.0 Å². The molecule has 0 amide bonds. The third-order valence-corrected chi connectivity index (χ3v) is 6.91. The molecule has 10 heteroatoms. The number of phenolic OH excluding ortho intramolecular Hbond substituents is 1. The Morgan fingerprint density at radius 1 is 1.21 bits per heavy atom. The average Bonchev–Trinajstić information content (AvgIpc) is 2.64. The fourth-order valence-corrected chi connectivity index (χ4v) is 5.13. The summed E-state index contributed by atoms with van der Waals surface area (Å²) in [5, 5.41) is 10.1. The smallest absolute Gasteiger partial charge is 0.243 e. The minimum atomic E-state index is -3.74. The Kier molecular flexibility index (Phi) is 11.3. The molecular weight excluding hydrogens is 403 g/mol. The van der Waals surface area contributed by atoms with Crippen molar-refractivity contribution in [1.82, 2.24) is 4.31 Å². The number of hydrogen-bond acceptors (Lipinski definition) is 7. The van der Waals surface area contributed by atoms with Crippen LogP contribution in [0.5, 0.6) is 11.5 Å². The van der Waals surface area contributed by atoms with Crippen LogP contribution in [0.4, 0.5) is 0 Å². The fourth-order valence-electron chi connectivity index (χ4n) is 2.43. The maximum absolute atomic E-state index is 13.1. The molecule has 0 radical (unpaired) electrons. The Morgan fingerprint density at radius 3 is 2.39 bits per heavy atom. The molecule has 3 N–H and O–H groups in total. The van der Waals surface area contributed by atoms with Crippen LogP contribution in [0.1, 0.15) is 34.1 Å². The van der Waals surface area contributed by atoms with Crippen LogP contribution in [0.25, 0.3) is 0 Å². The molecule has 0 aliphatic heterocycles. The number of hydrogen-bond donors (Lipinski definition) is 2. The van der Waals surface area contributed by atoms with Crippen LogP contribution >= 0.6 is 8.38 Å². The van der Waals surface area contributed by atoms with Gasteiger partial charge in [0.15, 0.2) is 17.8 Å². The van der Waals surface area contributed by atoms with E-state index in [9.17, 15) is 13.5 Å². The summed E-state index contributed by atoms with van der Waals surface area (Å²) >= 11 is 0. The molecule has 0 aliphatic carbocycles. The van der Waals surface area contributed by atoms with E-state index in [0.29, 0.717) is 39.3 Å². The van der Waals surface area contributed by atoms with Gasteiger partial charge in [-0.25, -0.2) is 8.42 Å². The highest BCUT2D eigenvalue weighted by molar-refractivity contribution is 7.89. The number of nitrogens with two attached hydrogens (primary N) is 1. The van der Waals surface area contributed by atoms with E-state index in [-0.39, 0.29) is 28.7 Å². The van der Waals surface area contributed by atoms with Crippen LogP contribution in [0.3, 0.4) is 0 Å². The number of benzene rings is 1. The first-order valence-electron chi connectivity index (χ1n) is 9.45. The lowest BCUT2D eigenvalue weighted by molar-refractivity contribution is 0.241. The predicted molar refractivity (Wildman–Crippen MR) is 111 cm³/mol. The lowest BCUT2D eigenvalue weighted by Gasteiger charge is -2.24. The summed E-state index contributed by atoms with van der Waals surface area (Å²) in [4.78, 5) is 0.0649. The number of nitrogens with zero attached hydrogens (tertiary/aromatic N) is 1. The zero-order chi connectivity index (χ0) is 21.2. The van der Waals surface area contributed by atoms with Crippen LogP contribution in [0.2, 0.25) is 0 Å². The quantitative estimate of drug-likeness (QED) is 0.431. The highest BCUT2D eigenvalue weighted by atomic mass is 32.2. The number of sulfonamides is 1. The van der Waals surface area contributed by atoms with Crippen molar-refractivity contribution in [2.24, 2.45) is 11.7 Å². The van der Waals surface area contributed by atoms with Crippen molar-refractivity contribution in [3.8, 4) is 11.5 Å². The molecule has 0 aromatic heterocycles. The monoisotopic (exact) mass is 436 g/mol. The minimum absolute atomic E-state index is 0.0649. The van der Waals surface area contributed by atoms with E-state index >= 15 is 0 Å². The number of phenols is 1. The standard InChI is InChI=1S/C18H33N2O6PS/c1-5-25-27(26-6-2)14-24-18-12-16(8-9-17(18)21)28(22,23)20(11-7-10-19)13-15(3)4/h8-9,12,15,21H,5-7,10-11,13-14,19H2,1-4H3. The molecule has 1 rings (SSSR count). The molecule has 0 fully saturated rings. The second kappa shape index (κ2) is 12.6. The third kappa shape index (κ3) is 7.81. The second-order valence-electron chi connectivity index (χ2n) is 6.47. The molecule has 8 nitrogen and oxygen atoms in total. The summed E-state index contributed by atoms with van der Waals surface area (Å²) in [6.07, 6.45) is 0.664. The van der Waals surface area contributed by atoms with Crippen molar-refractivity contribution in [2.75, 3.05) is 39.2 Å². The van der Waals surface area contributed by atoms with E-state index in [1.165, 1.54) is 22.5 Å². The van der Waals surface area contributed by atoms with E-state index in [0.717, 1.165) is 0 Å². The van der Waals surface area contributed by atoms with Crippen molar-refractivity contribution in [3.05, 3.63) is 18.2 Å². The first kappa shape index (κ1) is 25.1. The lowest BCUT2D eigenvalue weighted by Crippen LogP contribution is -2.35. The zero-order valence-corrected chi connectivity index (χ0v) is 18.8. The molecule has 0 heterocycles. The van der Waals surface area contributed by atoms with Crippen LogP contribution in [0, 0.1) is 5.92 Å². The number of rotatable bonds is 14. The van der Waals surface area contributed by atoms with Crippen molar-refractivity contribution in [1.29, 1.82) is 0 Å². The van der Waals surface area contributed by atoms with Crippen LogP contribution in [0.15, 0.2) is 23.1 Å². The van der Waals surface area contributed by atoms with E-state index in [2.05, 4.69) is 0 Å². The first-order chi connectivity index (χ1) is 13.3. The molecule has 0 saturated carbocycles. The van der Waals surface area contributed by atoms with Crippen LogP contribution < -0.4 is 10.5 Å². The Balaban J connectivity index is 3.05. The molecule has 0 bridgehead atoms. The van der Waals surface area contributed by atoms with E-state index in [1.807, 2.05) is 27.7 Å². The van der Waals surface area contributed by atoms with E-state index < -0.39 is 18.4 Å². The highest BCUT2D eigenvalue weighted by Crippen LogP contribution is 2.40. The summed E-state index contributed by atoms with van der Waals surface area (Å²) in [5.74, 6) is 0.108. The minimum Gasteiger partial charge on any atom is -0.504 e. The number of ether oxygens (including phenoxy) is 1. The Bertz CT molecular complexity index is 681. The molecule has 162 valence electrons. The van der Waals surface area contributed by atoms with Crippen molar-refractivity contribution in [3.63, 3.8) is 0 Å². The molecule has 1 aromatic carbocycles. The van der Waals surface area contributed by atoms with Gasteiger partial charge < -0.3 is 24.6 Å². The molecule has 0 spiro atoms. The Labute approximate surface area is 169 Å². The second-order valence-corrected chi connectivity index (χ2v) is 9.85. The molecule has 28 heavy (non-hydrogen) atoms. The zero-order valence-electron chi connectivity index (χ0n) is 17.1. The van der Waals surface area contributed by atoms with Crippen molar-refractivity contribution in [2.45, 2.75) is 39.0 Å². The topological polar surface area (TPSA) is 111 Å². The lowest BCUT2D eigenvalue weighted by atomic mass is 10.2. The first-order valence-corrected chi connectivity index (χ1v) is 12.3. The Morgan fingerprint density at radius 2 is 1.86 bits per heavy atom. The van der Waals surface area contributed by atoms with Crippen LogP contribution in [-0.2, 0) is 19.1 Å². The van der Waals surface area contributed by atoms with Gasteiger partial charge in [-0.05, 0) is 44.9 Å². The predicted octanol–water partition coefficient (Wildman–Crippen LogP) is 3.11. The maximum atomic E-state index is 13.1. The SMILES string of the molecule is CCOP(COc1cc(S(=O)(=O)N(CCCN)CC(C)C)ccc1O)OCC. The van der Waals surface area contributed by atoms with Gasteiger partial charge in [-0.15, -0.1) is 0 Å². The normalized spacial score (nSPS) is 12.3. The van der Waals surface area contributed by atoms with Gasteiger partial charge in [0.1, 0.15) is 0 Å². The van der Waals surface area contributed by atoms with Crippen molar-refractivity contribution >= 4 is 18.4 Å². The highest BCUT2D eigenvalue weighted by Gasteiger charge is 2.26. The van der Waals surface area contributed by atoms with Gasteiger partial charge in [-0.3, -0.25) is 0 Å².